The topological polar surface area (TPSA) is 63.7 Å². The number of para-hydroxylation sites is 1. The van der Waals surface area contributed by atoms with Crippen molar-refractivity contribution in [1.82, 2.24) is 0 Å². The van der Waals surface area contributed by atoms with Crippen LogP contribution >= 0.6 is 11.8 Å². The molecule has 0 saturated carbocycles. The van der Waals surface area contributed by atoms with Crippen LogP contribution < -0.4 is 4.90 Å². The van der Waals surface area contributed by atoms with E-state index in [1.165, 1.54) is 18.7 Å². The Balaban J connectivity index is 1.70. The Bertz CT molecular complexity index is 880. The number of fused-ring (bicyclic) bond motifs is 1. The summed E-state index contributed by atoms with van der Waals surface area (Å²) in [5, 5.41) is 0. The summed E-state index contributed by atoms with van der Waals surface area (Å²) in [6, 6.07) is 14.7. The van der Waals surface area contributed by atoms with Gasteiger partial charge in [-0.25, -0.2) is 4.79 Å². The summed E-state index contributed by atoms with van der Waals surface area (Å²) in [6.07, 6.45) is -0.0953. The molecule has 1 aliphatic heterocycles. The van der Waals surface area contributed by atoms with Crippen molar-refractivity contribution >= 4 is 35.1 Å². The first-order valence-corrected chi connectivity index (χ1v) is 9.77. The van der Waals surface area contributed by atoms with Crippen LogP contribution in [0.25, 0.3) is 0 Å². The molecule has 0 bridgehead atoms. The highest BCUT2D eigenvalue weighted by Gasteiger charge is 2.30. The van der Waals surface area contributed by atoms with E-state index in [2.05, 4.69) is 0 Å². The maximum absolute atomic E-state index is 12.8. The summed E-state index contributed by atoms with van der Waals surface area (Å²) in [7, 11) is 0. The molecule has 1 aliphatic rings. The fraction of sp³-hybridized carbons (Fsp3) is 0.286. The maximum atomic E-state index is 12.8. The molecule has 0 N–H and O–H groups in total. The predicted molar refractivity (Wildman–Crippen MR) is 105 cm³/mol. The second-order valence-electron chi connectivity index (χ2n) is 6.40. The maximum Gasteiger partial charge on any atom is 0.340 e. The molecule has 27 heavy (non-hydrogen) atoms. The van der Waals surface area contributed by atoms with Gasteiger partial charge in [0.1, 0.15) is 5.78 Å². The van der Waals surface area contributed by atoms with Gasteiger partial charge in [-0.2, -0.15) is 0 Å². The van der Waals surface area contributed by atoms with Gasteiger partial charge < -0.3 is 9.64 Å². The Morgan fingerprint density at radius 3 is 2.59 bits per heavy atom. The fourth-order valence-electron chi connectivity index (χ4n) is 3.00. The first kappa shape index (κ1) is 19.2. The number of ether oxygens (including phenoxy) is 1. The van der Waals surface area contributed by atoms with Crippen molar-refractivity contribution in [3.63, 3.8) is 0 Å². The summed E-state index contributed by atoms with van der Waals surface area (Å²) in [6.45, 7) is 3.68. The third-order valence-electron chi connectivity index (χ3n) is 4.32. The number of benzene rings is 2. The van der Waals surface area contributed by atoms with Crippen molar-refractivity contribution in [3.8, 4) is 0 Å². The smallest absolute Gasteiger partial charge is 0.340 e. The molecular weight excluding hydrogens is 362 g/mol. The largest absolute Gasteiger partial charge is 0.449 e. The van der Waals surface area contributed by atoms with Gasteiger partial charge in [-0.1, -0.05) is 30.3 Å². The number of anilines is 1. The van der Waals surface area contributed by atoms with E-state index in [0.29, 0.717) is 17.0 Å². The summed E-state index contributed by atoms with van der Waals surface area (Å²) in [5.41, 5.74) is 2.36. The molecule has 140 valence electrons. The molecule has 2 aromatic rings. The number of Topliss-reactive ketones (excluding diaryl/α,β-unsaturated/α-hetero) is 1. The van der Waals surface area contributed by atoms with E-state index < -0.39 is 12.1 Å². The molecule has 2 aromatic carbocycles. The standard InChI is InChI=1S/C21H21NO4S/c1-14(23)13-27-19-10-6-4-8-17(19)21(25)26-15(2)20(24)22-12-11-16-7-3-5-9-18(16)22/h3-10,15H,11-13H2,1-2H3/t15-/m0/s1. The van der Waals surface area contributed by atoms with Crippen LogP contribution in [0.3, 0.4) is 0 Å². The number of amides is 1. The Morgan fingerprint density at radius 1 is 1.11 bits per heavy atom. The number of thioether (sulfide) groups is 1. The van der Waals surface area contributed by atoms with Crippen molar-refractivity contribution in [2.75, 3.05) is 17.2 Å². The molecule has 0 fully saturated rings. The quantitative estimate of drug-likeness (QED) is 0.564. The average Bonchev–Trinajstić information content (AvgIpc) is 3.10. The molecule has 1 atom stereocenters. The number of carbonyl (C=O) groups is 3. The van der Waals surface area contributed by atoms with Crippen molar-refractivity contribution < 1.29 is 19.1 Å². The number of ketones is 1. The summed E-state index contributed by atoms with van der Waals surface area (Å²) in [4.78, 5) is 38.9. The van der Waals surface area contributed by atoms with Crippen LogP contribution in [-0.2, 0) is 20.7 Å². The Morgan fingerprint density at radius 2 is 1.81 bits per heavy atom. The lowest BCUT2D eigenvalue weighted by molar-refractivity contribution is -0.126. The first-order valence-electron chi connectivity index (χ1n) is 8.79. The van der Waals surface area contributed by atoms with Gasteiger partial charge >= 0.3 is 5.97 Å². The molecule has 0 radical (unpaired) electrons. The van der Waals surface area contributed by atoms with Crippen LogP contribution in [0.5, 0.6) is 0 Å². The number of esters is 1. The van der Waals surface area contributed by atoms with Crippen LogP contribution in [0, 0.1) is 0 Å². The summed E-state index contributed by atoms with van der Waals surface area (Å²) in [5.74, 6) is -0.486. The van der Waals surface area contributed by atoms with E-state index in [9.17, 15) is 14.4 Å². The number of rotatable bonds is 6. The highest BCUT2D eigenvalue weighted by molar-refractivity contribution is 8.00. The van der Waals surface area contributed by atoms with Gasteiger partial charge in [-0.05, 0) is 44.0 Å². The van der Waals surface area contributed by atoms with Gasteiger partial charge in [-0.15, -0.1) is 11.8 Å². The van der Waals surface area contributed by atoms with Crippen molar-refractivity contribution in [1.29, 1.82) is 0 Å². The second-order valence-corrected chi connectivity index (χ2v) is 7.42. The molecule has 1 heterocycles. The van der Waals surface area contributed by atoms with Gasteiger partial charge in [0.2, 0.25) is 0 Å². The van der Waals surface area contributed by atoms with E-state index in [0.717, 1.165) is 17.7 Å². The number of nitrogens with zero attached hydrogens (tertiary/aromatic N) is 1. The SMILES string of the molecule is CC(=O)CSc1ccccc1C(=O)O[C@@H](C)C(=O)N1CCc2ccccc21. The lowest BCUT2D eigenvalue weighted by Crippen LogP contribution is -2.39. The van der Waals surface area contributed by atoms with Crippen molar-refractivity contribution in [2.45, 2.75) is 31.3 Å². The normalized spacial score (nSPS) is 13.8. The number of carbonyl (C=O) groups excluding carboxylic acids is 3. The zero-order valence-corrected chi connectivity index (χ0v) is 16.1. The minimum atomic E-state index is -0.894. The van der Waals surface area contributed by atoms with E-state index in [1.807, 2.05) is 24.3 Å². The highest BCUT2D eigenvalue weighted by Crippen LogP contribution is 2.29. The molecule has 1 amide bonds. The number of hydrogen-bond donors (Lipinski definition) is 0. The van der Waals surface area contributed by atoms with E-state index in [4.69, 9.17) is 4.74 Å². The van der Waals surface area contributed by atoms with Gasteiger partial charge in [0.05, 0.1) is 11.3 Å². The average molecular weight is 383 g/mol. The molecule has 3 rings (SSSR count). The Labute approximate surface area is 162 Å². The zero-order valence-electron chi connectivity index (χ0n) is 15.3. The minimum Gasteiger partial charge on any atom is -0.449 e. The van der Waals surface area contributed by atoms with Crippen LogP contribution in [-0.4, -0.2) is 36.1 Å². The zero-order chi connectivity index (χ0) is 19.4. The molecular formula is C21H21NO4S. The number of hydrogen-bond acceptors (Lipinski definition) is 5. The highest BCUT2D eigenvalue weighted by atomic mass is 32.2. The van der Waals surface area contributed by atoms with Gasteiger partial charge in [0.25, 0.3) is 5.91 Å². The predicted octanol–water partition coefficient (Wildman–Crippen LogP) is 3.50. The first-order chi connectivity index (χ1) is 13.0. The van der Waals surface area contributed by atoms with E-state index in [-0.39, 0.29) is 17.4 Å². The Hall–Kier alpha value is -2.60. The second kappa shape index (κ2) is 8.39. The summed E-state index contributed by atoms with van der Waals surface area (Å²) >= 11 is 1.29. The third kappa shape index (κ3) is 4.39. The van der Waals surface area contributed by atoms with Crippen molar-refractivity contribution in [2.24, 2.45) is 0 Å². The van der Waals surface area contributed by atoms with E-state index in [1.54, 1.807) is 36.1 Å². The molecule has 0 spiro atoms. The molecule has 5 nitrogen and oxygen atoms in total. The summed E-state index contributed by atoms with van der Waals surface area (Å²) < 4.78 is 5.44. The van der Waals surface area contributed by atoms with Crippen LogP contribution in [0.2, 0.25) is 0 Å². The molecule has 0 aliphatic carbocycles. The van der Waals surface area contributed by atoms with Crippen LogP contribution in [0.15, 0.2) is 53.4 Å². The van der Waals surface area contributed by atoms with Gasteiger partial charge in [-0.3, -0.25) is 9.59 Å². The van der Waals surface area contributed by atoms with Crippen molar-refractivity contribution in [3.05, 3.63) is 59.7 Å². The van der Waals surface area contributed by atoms with Gasteiger partial charge in [0.15, 0.2) is 6.10 Å². The third-order valence-corrected chi connectivity index (χ3v) is 5.54. The lowest BCUT2D eigenvalue weighted by Gasteiger charge is -2.22. The minimum absolute atomic E-state index is 0.0272. The monoisotopic (exact) mass is 383 g/mol. The Kier molecular flexibility index (Phi) is 5.96. The lowest BCUT2D eigenvalue weighted by atomic mass is 10.2. The van der Waals surface area contributed by atoms with Gasteiger partial charge in [0, 0.05) is 17.1 Å². The van der Waals surface area contributed by atoms with E-state index >= 15 is 0 Å². The molecule has 6 heteroatoms. The molecule has 0 unspecified atom stereocenters. The molecule has 0 saturated heterocycles. The molecule has 0 aromatic heterocycles. The van der Waals surface area contributed by atoms with Crippen LogP contribution in [0.4, 0.5) is 5.69 Å². The fourth-order valence-corrected chi connectivity index (χ4v) is 3.84. The van der Waals surface area contributed by atoms with Crippen LogP contribution in [0.1, 0.15) is 29.8 Å².